The van der Waals surface area contributed by atoms with E-state index in [1.54, 1.807) is 0 Å². The monoisotopic (exact) mass is 259 g/mol. The second-order valence-corrected chi connectivity index (χ2v) is 6.63. The third-order valence-corrected chi connectivity index (χ3v) is 3.50. The second kappa shape index (κ2) is 6.21. The molecular weight excluding hydrogens is 238 g/mol. The summed E-state index contributed by atoms with van der Waals surface area (Å²) in [5.41, 5.74) is 0. The Bertz CT molecular complexity index is 436. The van der Waals surface area contributed by atoms with Gasteiger partial charge >= 0.3 is 0 Å². The maximum Gasteiger partial charge on any atom is 0.147 e. The molecule has 1 unspecified atom stereocenters. The Morgan fingerprint density at radius 2 is 2.12 bits per heavy atom. The number of hydrogen-bond acceptors (Lipinski definition) is 4. The van der Waals surface area contributed by atoms with Crippen LogP contribution in [0, 0.1) is 6.92 Å². The number of sulfone groups is 1. The second-order valence-electron chi connectivity index (χ2n) is 4.37. The van der Waals surface area contributed by atoms with E-state index in [0.29, 0.717) is 6.42 Å². The van der Waals surface area contributed by atoms with Crippen molar-refractivity contribution in [2.45, 2.75) is 32.7 Å². The quantitative estimate of drug-likeness (QED) is 0.814. The molecule has 98 valence electrons. The fourth-order valence-corrected chi connectivity index (χ4v) is 2.30. The van der Waals surface area contributed by atoms with Crippen molar-refractivity contribution in [3.05, 3.63) is 23.7 Å². The van der Waals surface area contributed by atoms with Crippen LogP contribution < -0.4 is 5.32 Å². The molecule has 1 rings (SSSR count). The average Bonchev–Trinajstić information content (AvgIpc) is 2.63. The summed E-state index contributed by atoms with van der Waals surface area (Å²) in [4.78, 5) is 0. The Kier molecular flexibility index (Phi) is 5.21. The number of aryl methyl sites for hydroxylation is 1. The lowest BCUT2D eigenvalue weighted by Crippen LogP contribution is -2.24. The van der Waals surface area contributed by atoms with E-state index in [1.807, 2.05) is 19.1 Å². The molecule has 0 radical (unpaired) electrons. The Morgan fingerprint density at radius 1 is 1.41 bits per heavy atom. The molecule has 0 aliphatic rings. The lowest BCUT2D eigenvalue weighted by Gasteiger charge is -2.15. The number of rotatable bonds is 7. The van der Waals surface area contributed by atoms with Crippen LogP contribution in [-0.2, 0) is 9.84 Å². The summed E-state index contributed by atoms with van der Waals surface area (Å²) in [6.45, 7) is 4.82. The molecule has 0 aliphatic heterocycles. The molecular formula is C12H21NO3S. The van der Waals surface area contributed by atoms with E-state index in [2.05, 4.69) is 12.2 Å². The van der Waals surface area contributed by atoms with Gasteiger partial charge in [-0.1, -0.05) is 6.92 Å². The highest BCUT2D eigenvalue weighted by atomic mass is 32.2. The van der Waals surface area contributed by atoms with Crippen LogP contribution in [0.2, 0.25) is 0 Å². The van der Waals surface area contributed by atoms with Gasteiger partial charge in [0.25, 0.3) is 0 Å². The molecule has 0 aromatic carbocycles. The molecule has 0 saturated heterocycles. The summed E-state index contributed by atoms with van der Waals surface area (Å²) in [6.07, 6.45) is 2.82. The molecule has 4 nitrogen and oxygen atoms in total. The van der Waals surface area contributed by atoms with Gasteiger partial charge in [-0.2, -0.15) is 0 Å². The van der Waals surface area contributed by atoms with Gasteiger partial charge in [0.2, 0.25) is 0 Å². The highest BCUT2D eigenvalue weighted by molar-refractivity contribution is 7.90. The largest absolute Gasteiger partial charge is 0.465 e. The molecule has 0 bridgehead atoms. The van der Waals surface area contributed by atoms with E-state index in [0.717, 1.165) is 24.5 Å². The summed E-state index contributed by atoms with van der Waals surface area (Å²) in [5, 5.41) is 3.31. The molecule has 5 heteroatoms. The first-order valence-corrected chi connectivity index (χ1v) is 7.96. The molecule has 0 fully saturated rings. The molecule has 0 aliphatic carbocycles. The van der Waals surface area contributed by atoms with E-state index < -0.39 is 9.84 Å². The van der Waals surface area contributed by atoms with Crippen LogP contribution in [0.5, 0.6) is 0 Å². The fraction of sp³-hybridized carbons (Fsp3) is 0.667. The zero-order valence-electron chi connectivity index (χ0n) is 10.7. The lowest BCUT2D eigenvalue weighted by atomic mass is 10.1. The van der Waals surface area contributed by atoms with E-state index >= 15 is 0 Å². The third kappa shape index (κ3) is 5.37. The number of nitrogens with one attached hydrogen (secondary N) is 1. The van der Waals surface area contributed by atoms with E-state index in [9.17, 15) is 8.42 Å². The highest BCUT2D eigenvalue weighted by Crippen LogP contribution is 2.20. The highest BCUT2D eigenvalue weighted by Gasteiger charge is 2.16. The summed E-state index contributed by atoms with van der Waals surface area (Å²) >= 11 is 0. The van der Waals surface area contributed by atoms with Gasteiger partial charge in [0.1, 0.15) is 21.4 Å². The van der Waals surface area contributed by atoms with Gasteiger partial charge in [-0.3, -0.25) is 0 Å². The van der Waals surface area contributed by atoms with E-state index in [4.69, 9.17) is 4.42 Å². The number of furan rings is 1. The van der Waals surface area contributed by atoms with Crippen molar-refractivity contribution in [3.8, 4) is 0 Å². The van der Waals surface area contributed by atoms with Crippen molar-refractivity contribution in [1.82, 2.24) is 5.32 Å². The normalized spacial score (nSPS) is 13.8. The Labute approximate surface area is 103 Å². The summed E-state index contributed by atoms with van der Waals surface area (Å²) < 4.78 is 27.9. The molecule has 1 aromatic heterocycles. The van der Waals surface area contributed by atoms with Crippen LogP contribution in [0.4, 0.5) is 0 Å². The van der Waals surface area contributed by atoms with Gasteiger partial charge in [-0.05, 0) is 38.4 Å². The van der Waals surface area contributed by atoms with Crippen molar-refractivity contribution < 1.29 is 12.8 Å². The van der Waals surface area contributed by atoms with Crippen LogP contribution in [-0.4, -0.2) is 27.0 Å². The van der Waals surface area contributed by atoms with Crippen molar-refractivity contribution >= 4 is 9.84 Å². The predicted molar refractivity (Wildman–Crippen MR) is 68.8 cm³/mol. The standard InChI is InChI=1S/C12H21NO3S/c1-4-8-13-11(7-9-17(3,14)15)12-6-5-10(2)16-12/h5-6,11,13H,4,7-9H2,1-3H3. The molecule has 1 aromatic rings. The van der Waals surface area contributed by atoms with Crippen molar-refractivity contribution in [3.63, 3.8) is 0 Å². The Morgan fingerprint density at radius 3 is 2.59 bits per heavy atom. The fourth-order valence-electron chi connectivity index (χ4n) is 1.64. The van der Waals surface area contributed by atoms with Crippen LogP contribution in [0.1, 0.15) is 37.3 Å². The summed E-state index contributed by atoms with van der Waals surface area (Å²) in [5.74, 6) is 1.84. The lowest BCUT2D eigenvalue weighted by molar-refractivity contribution is 0.393. The molecule has 1 atom stereocenters. The first-order chi connectivity index (χ1) is 7.92. The smallest absolute Gasteiger partial charge is 0.147 e. The Hall–Kier alpha value is -0.810. The zero-order valence-corrected chi connectivity index (χ0v) is 11.5. The van der Waals surface area contributed by atoms with Crippen molar-refractivity contribution in [2.24, 2.45) is 0 Å². The minimum Gasteiger partial charge on any atom is -0.465 e. The molecule has 0 amide bonds. The SMILES string of the molecule is CCCNC(CCS(C)(=O)=O)c1ccc(C)o1. The molecule has 1 N–H and O–H groups in total. The van der Waals surface area contributed by atoms with Gasteiger partial charge in [0.05, 0.1) is 11.8 Å². The van der Waals surface area contributed by atoms with Gasteiger partial charge < -0.3 is 9.73 Å². The maximum absolute atomic E-state index is 11.2. The first kappa shape index (κ1) is 14.3. The minimum absolute atomic E-state index is 0.0154. The summed E-state index contributed by atoms with van der Waals surface area (Å²) in [7, 11) is -2.93. The molecule has 17 heavy (non-hydrogen) atoms. The van der Waals surface area contributed by atoms with E-state index in [-0.39, 0.29) is 11.8 Å². The van der Waals surface area contributed by atoms with Crippen LogP contribution in [0.25, 0.3) is 0 Å². The van der Waals surface area contributed by atoms with Gasteiger partial charge in [-0.15, -0.1) is 0 Å². The predicted octanol–water partition coefficient (Wildman–Crippen LogP) is 2.06. The van der Waals surface area contributed by atoms with Crippen LogP contribution >= 0.6 is 0 Å². The molecule has 0 spiro atoms. The van der Waals surface area contributed by atoms with Crippen LogP contribution in [0.15, 0.2) is 16.5 Å². The minimum atomic E-state index is -2.93. The third-order valence-electron chi connectivity index (χ3n) is 2.52. The van der Waals surface area contributed by atoms with Crippen LogP contribution in [0.3, 0.4) is 0 Å². The average molecular weight is 259 g/mol. The maximum atomic E-state index is 11.2. The van der Waals surface area contributed by atoms with Gasteiger partial charge in [0, 0.05) is 6.26 Å². The Balaban J connectivity index is 2.67. The molecule has 1 heterocycles. The number of hydrogen-bond donors (Lipinski definition) is 1. The van der Waals surface area contributed by atoms with Crippen molar-refractivity contribution in [1.29, 1.82) is 0 Å². The topological polar surface area (TPSA) is 59.3 Å². The molecule has 0 saturated carbocycles. The van der Waals surface area contributed by atoms with Crippen molar-refractivity contribution in [2.75, 3.05) is 18.6 Å². The van der Waals surface area contributed by atoms with E-state index in [1.165, 1.54) is 6.26 Å². The first-order valence-electron chi connectivity index (χ1n) is 5.90. The van der Waals surface area contributed by atoms with Gasteiger partial charge in [0.15, 0.2) is 0 Å². The zero-order chi connectivity index (χ0) is 12.9. The van der Waals surface area contributed by atoms with Gasteiger partial charge in [-0.25, -0.2) is 8.42 Å². The summed E-state index contributed by atoms with van der Waals surface area (Å²) in [6, 6.07) is 3.79.